The number of carbonyl (C=O) groups excluding carboxylic acids is 1. The molecule has 1 N–H and O–H groups in total. The van der Waals surface area contributed by atoms with Crippen molar-refractivity contribution in [2.75, 3.05) is 11.9 Å². The number of amides is 1. The fourth-order valence-electron chi connectivity index (χ4n) is 3.04. The molecule has 0 spiro atoms. The molecule has 0 aliphatic rings. The minimum absolute atomic E-state index is 0.325. The molecule has 0 aliphatic heterocycles. The average Bonchev–Trinajstić information content (AvgIpc) is 2.96. The lowest BCUT2D eigenvalue weighted by Gasteiger charge is -2.10. The minimum atomic E-state index is -0.476. The van der Waals surface area contributed by atoms with Gasteiger partial charge >= 0.3 is 6.09 Å². The summed E-state index contributed by atoms with van der Waals surface area (Å²) in [6.07, 6.45) is -0.476. The van der Waals surface area contributed by atoms with Crippen LogP contribution in [0.1, 0.15) is 19.4 Å². The predicted octanol–water partition coefficient (Wildman–Crippen LogP) is 4.77. The van der Waals surface area contributed by atoms with E-state index in [2.05, 4.69) is 22.9 Å². The molecule has 5 nitrogen and oxygen atoms in total. The number of ether oxygens (including phenoxy) is 1. The van der Waals surface area contributed by atoms with E-state index < -0.39 is 6.09 Å². The number of nitrogens with zero attached hydrogens (tertiary/aromatic N) is 2. The van der Waals surface area contributed by atoms with Gasteiger partial charge in [-0.05, 0) is 37.6 Å². The standard InChI is InChI=1S/C20H19N3O2/c1-3-23-18-8-6-5-7-16(18)17(13-21)19(23)14-9-11-15(12-10-14)22-20(24)25-4-2/h5-12H,3-4H2,1-2H3,(H,22,24). The number of rotatable bonds is 4. The van der Waals surface area contributed by atoms with Gasteiger partial charge in [-0.15, -0.1) is 0 Å². The van der Waals surface area contributed by atoms with Crippen molar-refractivity contribution in [3.8, 4) is 17.3 Å². The number of nitrogens with one attached hydrogen (secondary N) is 1. The summed E-state index contributed by atoms with van der Waals surface area (Å²) in [5.41, 5.74) is 4.20. The number of para-hydroxylation sites is 1. The van der Waals surface area contributed by atoms with Crippen LogP contribution in [0.15, 0.2) is 48.5 Å². The molecule has 126 valence electrons. The third-order valence-corrected chi connectivity index (χ3v) is 4.08. The van der Waals surface area contributed by atoms with Gasteiger partial charge in [0.25, 0.3) is 0 Å². The number of aromatic nitrogens is 1. The number of nitriles is 1. The molecule has 0 saturated heterocycles. The van der Waals surface area contributed by atoms with Crippen molar-refractivity contribution in [1.82, 2.24) is 4.57 Å². The number of anilines is 1. The Morgan fingerprint density at radius 2 is 1.88 bits per heavy atom. The molecule has 2 aromatic carbocycles. The SMILES string of the molecule is CCOC(=O)Nc1ccc(-c2c(C#N)c3ccccc3n2CC)cc1. The smallest absolute Gasteiger partial charge is 0.411 e. The van der Waals surface area contributed by atoms with Gasteiger partial charge in [0.05, 0.1) is 17.9 Å². The molecule has 25 heavy (non-hydrogen) atoms. The lowest BCUT2D eigenvalue weighted by molar-refractivity contribution is 0.168. The van der Waals surface area contributed by atoms with Crippen molar-refractivity contribution >= 4 is 22.7 Å². The lowest BCUT2D eigenvalue weighted by atomic mass is 10.1. The van der Waals surface area contributed by atoms with Crippen molar-refractivity contribution in [1.29, 1.82) is 5.26 Å². The van der Waals surface area contributed by atoms with Gasteiger partial charge in [0, 0.05) is 23.1 Å². The maximum atomic E-state index is 11.5. The Hall–Kier alpha value is -3.26. The Bertz CT molecular complexity index is 949. The van der Waals surface area contributed by atoms with E-state index in [1.54, 1.807) is 6.92 Å². The largest absolute Gasteiger partial charge is 0.450 e. The summed E-state index contributed by atoms with van der Waals surface area (Å²) in [5, 5.41) is 13.3. The third kappa shape index (κ3) is 3.07. The molecule has 0 saturated carbocycles. The first-order chi connectivity index (χ1) is 12.2. The number of hydrogen-bond donors (Lipinski definition) is 1. The number of aryl methyl sites for hydroxylation is 1. The zero-order valence-corrected chi connectivity index (χ0v) is 14.2. The van der Waals surface area contributed by atoms with Gasteiger partial charge in [0.15, 0.2) is 0 Å². The van der Waals surface area contributed by atoms with E-state index in [4.69, 9.17) is 4.74 Å². The van der Waals surface area contributed by atoms with E-state index in [1.807, 2.05) is 48.5 Å². The van der Waals surface area contributed by atoms with Crippen molar-refractivity contribution < 1.29 is 9.53 Å². The summed E-state index contributed by atoms with van der Waals surface area (Å²) in [4.78, 5) is 11.5. The second-order valence-electron chi connectivity index (χ2n) is 5.52. The molecule has 1 heterocycles. The lowest BCUT2D eigenvalue weighted by Crippen LogP contribution is -2.13. The first-order valence-electron chi connectivity index (χ1n) is 8.25. The second-order valence-corrected chi connectivity index (χ2v) is 5.52. The van der Waals surface area contributed by atoms with Crippen LogP contribution < -0.4 is 5.32 Å². The van der Waals surface area contributed by atoms with Gasteiger partial charge in [-0.1, -0.05) is 30.3 Å². The highest BCUT2D eigenvalue weighted by Gasteiger charge is 2.17. The van der Waals surface area contributed by atoms with Crippen LogP contribution in [0.4, 0.5) is 10.5 Å². The first kappa shape index (κ1) is 16.6. The van der Waals surface area contributed by atoms with Crippen LogP contribution in [0.25, 0.3) is 22.2 Å². The molecule has 1 aromatic heterocycles. The zero-order chi connectivity index (χ0) is 17.8. The summed E-state index contributed by atoms with van der Waals surface area (Å²) >= 11 is 0. The molecule has 5 heteroatoms. The summed E-state index contributed by atoms with van der Waals surface area (Å²) < 4.78 is 7.02. The highest BCUT2D eigenvalue weighted by Crippen LogP contribution is 2.33. The molecule has 0 bridgehead atoms. The Morgan fingerprint density at radius 1 is 1.16 bits per heavy atom. The normalized spacial score (nSPS) is 10.4. The van der Waals surface area contributed by atoms with Crippen LogP contribution in [-0.2, 0) is 11.3 Å². The van der Waals surface area contributed by atoms with Crippen LogP contribution in [0, 0.1) is 11.3 Å². The van der Waals surface area contributed by atoms with E-state index in [0.29, 0.717) is 17.9 Å². The topological polar surface area (TPSA) is 67.0 Å². The highest BCUT2D eigenvalue weighted by atomic mass is 16.5. The molecule has 0 unspecified atom stereocenters. The molecule has 0 radical (unpaired) electrons. The van der Waals surface area contributed by atoms with Gasteiger partial charge in [-0.25, -0.2) is 4.79 Å². The van der Waals surface area contributed by atoms with Crippen molar-refractivity contribution in [2.24, 2.45) is 0 Å². The maximum Gasteiger partial charge on any atom is 0.411 e. The van der Waals surface area contributed by atoms with Crippen LogP contribution in [0.2, 0.25) is 0 Å². The Morgan fingerprint density at radius 3 is 2.52 bits per heavy atom. The van der Waals surface area contributed by atoms with Gasteiger partial charge in [0.1, 0.15) is 6.07 Å². The molecule has 0 aliphatic carbocycles. The van der Waals surface area contributed by atoms with E-state index in [-0.39, 0.29) is 0 Å². The third-order valence-electron chi connectivity index (χ3n) is 4.08. The summed E-state index contributed by atoms with van der Waals surface area (Å²) in [7, 11) is 0. The highest BCUT2D eigenvalue weighted by molar-refractivity contribution is 5.95. The first-order valence-corrected chi connectivity index (χ1v) is 8.25. The van der Waals surface area contributed by atoms with Gasteiger partial charge in [-0.2, -0.15) is 5.26 Å². The molecule has 1 amide bonds. The number of fused-ring (bicyclic) bond motifs is 1. The van der Waals surface area contributed by atoms with E-state index in [1.165, 1.54) is 0 Å². The number of hydrogen-bond acceptors (Lipinski definition) is 3. The number of benzene rings is 2. The van der Waals surface area contributed by atoms with Crippen molar-refractivity contribution in [3.05, 3.63) is 54.1 Å². The monoisotopic (exact) mass is 333 g/mol. The average molecular weight is 333 g/mol. The zero-order valence-electron chi connectivity index (χ0n) is 14.2. The fraction of sp³-hybridized carbons (Fsp3) is 0.200. The van der Waals surface area contributed by atoms with Crippen LogP contribution in [0.3, 0.4) is 0 Å². The molecular weight excluding hydrogens is 314 g/mol. The molecule has 3 aromatic rings. The van der Waals surface area contributed by atoms with E-state index in [0.717, 1.165) is 28.7 Å². The summed E-state index contributed by atoms with van der Waals surface area (Å²) in [6, 6.07) is 17.7. The van der Waals surface area contributed by atoms with Gasteiger partial charge < -0.3 is 9.30 Å². The minimum Gasteiger partial charge on any atom is -0.450 e. The predicted molar refractivity (Wildman–Crippen MR) is 98.4 cm³/mol. The second kappa shape index (κ2) is 7.10. The number of carbonyl (C=O) groups is 1. The van der Waals surface area contributed by atoms with Crippen LogP contribution >= 0.6 is 0 Å². The molecular formula is C20H19N3O2. The van der Waals surface area contributed by atoms with Crippen LogP contribution in [0.5, 0.6) is 0 Å². The van der Waals surface area contributed by atoms with E-state index in [9.17, 15) is 10.1 Å². The van der Waals surface area contributed by atoms with Crippen LogP contribution in [-0.4, -0.2) is 17.3 Å². The van der Waals surface area contributed by atoms with E-state index >= 15 is 0 Å². The summed E-state index contributed by atoms with van der Waals surface area (Å²) in [6.45, 7) is 4.91. The Labute approximate surface area is 146 Å². The van der Waals surface area contributed by atoms with Gasteiger partial charge in [0.2, 0.25) is 0 Å². The Balaban J connectivity index is 2.05. The molecule has 0 atom stereocenters. The molecule has 0 fully saturated rings. The summed E-state index contributed by atoms with van der Waals surface area (Å²) in [5.74, 6) is 0. The van der Waals surface area contributed by atoms with Gasteiger partial charge in [-0.3, -0.25) is 5.32 Å². The molecule has 3 rings (SSSR count). The van der Waals surface area contributed by atoms with Crippen molar-refractivity contribution in [2.45, 2.75) is 20.4 Å². The van der Waals surface area contributed by atoms with Crippen molar-refractivity contribution in [3.63, 3.8) is 0 Å². The quantitative estimate of drug-likeness (QED) is 0.748. The Kier molecular flexibility index (Phi) is 4.71. The maximum absolute atomic E-state index is 11.5. The fourth-order valence-corrected chi connectivity index (χ4v) is 3.04.